The van der Waals surface area contributed by atoms with Crippen molar-refractivity contribution in [3.8, 4) is 0 Å². The molecule has 1 aliphatic rings. The largest absolute Gasteiger partial charge is 0.465 e. The molecule has 0 radical (unpaired) electrons. The maximum Gasteiger partial charge on any atom is 0.404 e. The fourth-order valence-electron chi connectivity index (χ4n) is 2.31. The van der Waals surface area contributed by atoms with E-state index in [9.17, 15) is 9.90 Å². The van der Waals surface area contributed by atoms with E-state index in [1.807, 2.05) is 0 Å². The highest BCUT2D eigenvalue weighted by Gasteiger charge is 2.21. The first-order valence-corrected chi connectivity index (χ1v) is 6.00. The number of carboxylic acid groups (broad SMARTS) is 1. The van der Waals surface area contributed by atoms with E-state index >= 15 is 0 Å². The lowest BCUT2D eigenvalue weighted by molar-refractivity contribution is 0.121. The van der Waals surface area contributed by atoms with Crippen LogP contribution < -0.4 is 11.1 Å². The summed E-state index contributed by atoms with van der Waals surface area (Å²) in [7, 11) is 0. The van der Waals surface area contributed by atoms with E-state index in [4.69, 9.17) is 10.8 Å². The van der Waals surface area contributed by atoms with Crippen molar-refractivity contribution in [2.75, 3.05) is 6.54 Å². The second-order valence-corrected chi connectivity index (χ2v) is 4.66. The van der Waals surface area contributed by atoms with Crippen molar-refractivity contribution >= 4 is 18.5 Å². The Morgan fingerprint density at radius 2 is 1.94 bits per heavy atom. The minimum atomic E-state index is -1.12. The minimum Gasteiger partial charge on any atom is -0.465 e. The van der Waals surface area contributed by atoms with Gasteiger partial charge in [-0.2, -0.15) is 0 Å². The van der Waals surface area contributed by atoms with E-state index in [1.165, 1.54) is 32.1 Å². The van der Waals surface area contributed by atoms with Gasteiger partial charge in [0.15, 0.2) is 0 Å². The van der Waals surface area contributed by atoms with Crippen LogP contribution in [0.2, 0.25) is 0 Å². The number of aliphatic hydroxyl groups excluding tert-OH is 1. The summed E-state index contributed by atoms with van der Waals surface area (Å²) in [5.74, 6) is 0.600. The van der Waals surface area contributed by atoms with Crippen LogP contribution in [0.25, 0.3) is 0 Å². The Labute approximate surface area is 108 Å². The van der Waals surface area contributed by atoms with Crippen LogP contribution in [0.15, 0.2) is 0 Å². The number of rotatable bonds is 5. The number of nitrogens with two attached hydrogens (primary N) is 1. The van der Waals surface area contributed by atoms with E-state index in [2.05, 4.69) is 5.32 Å². The van der Waals surface area contributed by atoms with Gasteiger partial charge >= 0.3 is 6.09 Å². The van der Waals surface area contributed by atoms with Crippen molar-refractivity contribution in [3.05, 3.63) is 0 Å². The molecular weight excluding hydrogens is 244 g/mol. The molecule has 0 spiro atoms. The smallest absolute Gasteiger partial charge is 0.404 e. The van der Waals surface area contributed by atoms with Crippen molar-refractivity contribution in [2.24, 2.45) is 11.7 Å². The molecule has 0 bridgehead atoms. The summed E-state index contributed by atoms with van der Waals surface area (Å²) < 4.78 is 0. The van der Waals surface area contributed by atoms with Crippen molar-refractivity contribution in [3.63, 3.8) is 0 Å². The van der Waals surface area contributed by atoms with Gasteiger partial charge in [0.1, 0.15) is 0 Å². The van der Waals surface area contributed by atoms with E-state index in [-0.39, 0.29) is 25.0 Å². The third-order valence-corrected chi connectivity index (χ3v) is 3.29. The zero-order chi connectivity index (χ0) is 12.0. The Morgan fingerprint density at radius 3 is 2.47 bits per heavy atom. The van der Waals surface area contributed by atoms with Crippen LogP contribution in [0.5, 0.6) is 0 Å². The maximum absolute atomic E-state index is 10.3. The number of amides is 1. The molecule has 2 atom stereocenters. The molecule has 0 aromatic heterocycles. The molecule has 5 N–H and O–H groups in total. The fraction of sp³-hybridized carbons (Fsp3) is 0.909. The average Bonchev–Trinajstić information content (AvgIpc) is 2.27. The van der Waals surface area contributed by atoms with Crippen molar-refractivity contribution in [1.82, 2.24) is 5.32 Å². The third kappa shape index (κ3) is 6.71. The Hall–Kier alpha value is -0.520. The standard InChI is InChI=1S/C11H22N2O3.ClH/c12-9(10(14)7-13-11(15)16)6-8-4-2-1-3-5-8;/h8-10,13-14H,1-7,12H2,(H,15,16);1H/t9-,10+;/m0./s1. The summed E-state index contributed by atoms with van der Waals surface area (Å²) >= 11 is 0. The SMILES string of the molecule is Cl.N[C@@H](CC1CCCCC1)[C@H](O)CNC(=O)O. The van der Waals surface area contributed by atoms with Crippen LogP contribution in [-0.2, 0) is 0 Å². The topological polar surface area (TPSA) is 95.6 Å². The summed E-state index contributed by atoms with van der Waals surface area (Å²) in [6, 6.07) is -0.324. The molecule has 0 aromatic rings. The molecule has 0 heterocycles. The molecule has 1 amide bonds. The lowest BCUT2D eigenvalue weighted by atomic mass is 9.84. The normalized spacial score (nSPS) is 20.1. The van der Waals surface area contributed by atoms with Gasteiger partial charge in [-0.25, -0.2) is 4.79 Å². The summed E-state index contributed by atoms with van der Waals surface area (Å²) in [4.78, 5) is 10.3. The van der Waals surface area contributed by atoms with Gasteiger partial charge in [-0.15, -0.1) is 12.4 Å². The number of carbonyl (C=O) groups is 1. The van der Waals surface area contributed by atoms with Crippen LogP contribution in [0.3, 0.4) is 0 Å². The second kappa shape index (κ2) is 8.55. The summed E-state index contributed by atoms with van der Waals surface area (Å²) in [6.07, 6.45) is 5.07. The molecule has 1 rings (SSSR count). The van der Waals surface area contributed by atoms with Crippen LogP contribution >= 0.6 is 12.4 Å². The number of hydrogen-bond donors (Lipinski definition) is 4. The Morgan fingerprint density at radius 1 is 1.35 bits per heavy atom. The van der Waals surface area contributed by atoms with Crippen LogP contribution in [-0.4, -0.2) is 35.0 Å². The van der Waals surface area contributed by atoms with E-state index in [0.717, 1.165) is 6.42 Å². The van der Waals surface area contributed by atoms with E-state index in [0.29, 0.717) is 5.92 Å². The molecule has 17 heavy (non-hydrogen) atoms. The predicted octanol–water partition coefficient (Wildman–Crippen LogP) is 1.33. The molecule has 0 unspecified atom stereocenters. The molecule has 102 valence electrons. The van der Waals surface area contributed by atoms with Gasteiger partial charge in [-0.3, -0.25) is 0 Å². The highest BCUT2D eigenvalue weighted by atomic mass is 35.5. The van der Waals surface area contributed by atoms with E-state index in [1.54, 1.807) is 0 Å². The monoisotopic (exact) mass is 266 g/mol. The molecule has 1 fully saturated rings. The van der Waals surface area contributed by atoms with Gasteiger partial charge in [-0.05, 0) is 12.3 Å². The molecule has 1 saturated carbocycles. The lowest BCUT2D eigenvalue weighted by Crippen LogP contribution is -2.44. The van der Waals surface area contributed by atoms with Gasteiger partial charge < -0.3 is 21.3 Å². The lowest BCUT2D eigenvalue weighted by Gasteiger charge is -2.26. The third-order valence-electron chi connectivity index (χ3n) is 3.29. The highest BCUT2D eigenvalue weighted by Crippen LogP contribution is 2.27. The van der Waals surface area contributed by atoms with Crippen molar-refractivity contribution in [1.29, 1.82) is 0 Å². The second-order valence-electron chi connectivity index (χ2n) is 4.66. The molecule has 5 nitrogen and oxygen atoms in total. The molecule has 0 aliphatic heterocycles. The van der Waals surface area contributed by atoms with E-state index < -0.39 is 12.2 Å². The van der Waals surface area contributed by atoms with Gasteiger partial charge in [0.2, 0.25) is 0 Å². The highest BCUT2D eigenvalue weighted by molar-refractivity contribution is 5.85. The van der Waals surface area contributed by atoms with Gasteiger partial charge in [0.25, 0.3) is 0 Å². The van der Waals surface area contributed by atoms with Gasteiger partial charge in [0.05, 0.1) is 6.10 Å². The quantitative estimate of drug-likeness (QED) is 0.604. The van der Waals surface area contributed by atoms with Crippen molar-refractivity contribution < 1.29 is 15.0 Å². The van der Waals surface area contributed by atoms with Crippen LogP contribution in [0.4, 0.5) is 4.79 Å². The molecule has 6 heteroatoms. The number of halogens is 1. The summed E-state index contributed by atoms with van der Waals surface area (Å²) in [6.45, 7) is 0.0171. The molecular formula is C11H23ClN2O3. The number of hydrogen-bond acceptors (Lipinski definition) is 3. The molecule has 1 aliphatic carbocycles. The molecule has 0 saturated heterocycles. The van der Waals surface area contributed by atoms with Gasteiger partial charge in [-0.1, -0.05) is 32.1 Å². The molecule has 0 aromatic carbocycles. The fourth-order valence-corrected chi connectivity index (χ4v) is 2.31. The van der Waals surface area contributed by atoms with Crippen LogP contribution in [0, 0.1) is 5.92 Å². The van der Waals surface area contributed by atoms with Crippen LogP contribution in [0.1, 0.15) is 38.5 Å². The zero-order valence-electron chi connectivity index (χ0n) is 9.97. The number of aliphatic hydroxyl groups is 1. The first-order chi connectivity index (χ1) is 7.59. The summed E-state index contributed by atoms with van der Waals surface area (Å²) in [5.41, 5.74) is 5.85. The maximum atomic E-state index is 10.3. The summed E-state index contributed by atoms with van der Waals surface area (Å²) in [5, 5.41) is 20.2. The minimum absolute atomic E-state index is 0. The van der Waals surface area contributed by atoms with Gasteiger partial charge in [0, 0.05) is 12.6 Å². The Kier molecular flexibility index (Phi) is 8.29. The Balaban J connectivity index is 0.00000256. The van der Waals surface area contributed by atoms with Crippen molar-refractivity contribution in [2.45, 2.75) is 50.7 Å². The Bertz CT molecular complexity index is 223. The zero-order valence-corrected chi connectivity index (χ0v) is 10.8. The first-order valence-electron chi connectivity index (χ1n) is 6.00. The predicted molar refractivity (Wildman–Crippen MR) is 68.4 cm³/mol. The number of nitrogens with one attached hydrogen (secondary N) is 1. The first kappa shape index (κ1) is 16.5. The average molecular weight is 267 g/mol.